The van der Waals surface area contributed by atoms with Crippen LogP contribution in [0.4, 0.5) is 4.39 Å². The molecule has 23 heavy (non-hydrogen) atoms. The molecule has 0 aliphatic rings. The van der Waals surface area contributed by atoms with Crippen molar-refractivity contribution in [3.63, 3.8) is 0 Å². The first-order chi connectivity index (χ1) is 10.9. The molecule has 6 nitrogen and oxygen atoms in total. The molecular weight excluding hydrogens is 305 g/mol. The molecule has 1 unspecified atom stereocenters. The lowest BCUT2D eigenvalue weighted by atomic mass is 10.1. The smallest absolute Gasteiger partial charge is 0.326 e. The maximum Gasteiger partial charge on any atom is 0.326 e. The summed E-state index contributed by atoms with van der Waals surface area (Å²) in [6.07, 6.45) is 0.649. The minimum Gasteiger partial charge on any atom is -0.494 e. The maximum atomic E-state index is 13.5. The second-order valence-corrected chi connectivity index (χ2v) is 5.02. The third-order valence-corrected chi connectivity index (χ3v) is 3.26. The number of benzene rings is 1. The molecule has 0 saturated heterocycles. The van der Waals surface area contributed by atoms with Crippen LogP contribution in [0.1, 0.15) is 43.0 Å². The number of hydrogen-bond acceptors (Lipinski definition) is 4. The Bertz CT molecular complexity index is 588. The SMILES string of the molecule is CCCC(NC(=O)CCC(=O)c1ccc(OC)c(F)c1)C(=O)O. The Morgan fingerprint density at radius 2 is 2.00 bits per heavy atom. The number of carbonyl (C=O) groups excluding carboxylic acids is 2. The van der Waals surface area contributed by atoms with Gasteiger partial charge in [-0.25, -0.2) is 9.18 Å². The summed E-state index contributed by atoms with van der Waals surface area (Å²) in [5.41, 5.74) is 0.138. The quantitative estimate of drug-likeness (QED) is 0.679. The summed E-state index contributed by atoms with van der Waals surface area (Å²) < 4.78 is 18.3. The van der Waals surface area contributed by atoms with E-state index in [9.17, 15) is 18.8 Å². The summed E-state index contributed by atoms with van der Waals surface area (Å²) in [6.45, 7) is 1.81. The first kappa shape index (κ1) is 18.6. The largest absolute Gasteiger partial charge is 0.494 e. The summed E-state index contributed by atoms with van der Waals surface area (Å²) in [7, 11) is 1.32. The lowest BCUT2D eigenvalue weighted by Crippen LogP contribution is -2.40. The molecule has 2 N–H and O–H groups in total. The number of ketones is 1. The van der Waals surface area contributed by atoms with Gasteiger partial charge in [-0.05, 0) is 24.6 Å². The molecule has 1 atom stereocenters. The van der Waals surface area contributed by atoms with Gasteiger partial charge < -0.3 is 15.2 Å². The zero-order valence-electron chi connectivity index (χ0n) is 13.1. The molecule has 7 heteroatoms. The van der Waals surface area contributed by atoms with Gasteiger partial charge in [0.15, 0.2) is 17.3 Å². The Balaban J connectivity index is 2.56. The average molecular weight is 325 g/mol. The number of carbonyl (C=O) groups is 3. The van der Waals surface area contributed by atoms with Gasteiger partial charge in [0.2, 0.25) is 5.91 Å². The number of rotatable bonds is 9. The number of amides is 1. The van der Waals surface area contributed by atoms with E-state index in [2.05, 4.69) is 5.32 Å². The van der Waals surface area contributed by atoms with Crippen LogP contribution in [0.2, 0.25) is 0 Å². The second-order valence-electron chi connectivity index (χ2n) is 5.02. The molecule has 0 aliphatic carbocycles. The molecule has 0 saturated carbocycles. The molecule has 1 amide bonds. The average Bonchev–Trinajstić information content (AvgIpc) is 2.51. The minimum absolute atomic E-state index is 0.0307. The van der Waals surface area contributed by atoms with E-state index < -0.39 is 29.5 Å². The summed E-state index contributed by atoms with van der Waals surface area (Å²) in [4.78, 5) is 34.6. The zero-order chi connectivity index (χ0) is 17.4. The Hall–Kier alpha value is -2.44. The molecule has 0 spiro atoms. The molecule has 1 aromatic carbocycles. The highest BCUT2D eigenvalue weighted by atomic mass is 19.1. The molecule has 0 bridgehead atoms. The number of ether oxygens (including phenoxy) is 1. The lowest BCUT2D eigenvalue weighted by Gasteiger charge is -2.13. The van der Waals surface area contributed by atoms with Gasteiger partial charge in [0.1, 0.15) is 6.04 Å². The Kier molecular flexibility index (Phi) is 7.18. The fourth-order valence-electron chi connectivity index (χ4n) is 2.02. The van der Waals surface area contributed by atoms with Crippen molar-refractivity contribution in [1.29, 1.82) is 0 Å². The molecule has 126 valence electrons. The number of nitrogens with one attached hydrogen (secondary N) is 1. The van der Waals surface area contributed by atoms with E-state index in [1.165, 1.54) is 19.2 Å². The van der Waals surface area contributed by atoms with Gasteiger partial charge in [-0.3, -0.25) is 9.59 Å². The number of halogens is 1. The monoisotopic (exact) mass is 325 g/mol. The molecule has 0 aliphatic heterocycles. The van der Waals surface area contributed by atoms with Crippen LogP contribution in [0.5, 0.6) is 5.75 Å². The number of aliphatic carboxylic acids is 1. The fourth-order valence-corrected chi connectivity index (χ4v) is 2.02. The van der Waals surface area contributed by atoms with Crippen molar-refractivity contribution >= 4 is 17.7 Å². The van der Waals surface area contributed by atoms with E-state index in [1.807, 2.05) is 6.92 Å². The van der Waals surface area contributed by atoms with Gasteiger partial charge >= 0.3 is 5.97 Å². The molecule has 0 heterocycles. The van der Waals surface area contributed by atoms with Crippen molar-refractivity contribution in [2.45, 2.75) is 38.6 Å². The van der Waals surface area contributed by atoms with Crippen LogP contribution in [0.15, 0.2) is 18.2 Å². The fraction of sp³-hybridized carbons (Fsp3) is 0.438. The summed E-state index contributed by atoms with van der Waals surface area (Å²) in [5, 5.41) is 11.3. The van der Waals surface area contributed by atoms with Crippen molar-refractivity contribution in [3.8, 4) is 5.75 Å². The van der Waals surface area contributed by atoms with E-state index in [0.29, 0.717) is 12.8 Å². The van der Waals surface area contributed by atoms with E-state index in [1.54, 1.807) is 0 Å². The van der Waals surface area contributed by atoms with Crippen LogP contribution in [0, 0.1) is 5.82 Å². The Labute approximate surface area is 133 Å². The molecule has 0 fully saturated rings. The molecule has 1 aromatic rings. The third-order valence-electron chi connectivity index (χ3n) is 3.26. The number of carboxylic acids is 1. The van der Waals surface area contributed by atoms with Gasteiger partial charge in [-0.1, -0.05) is 13.3 Å². The van der Waals surface area contributed by atoms with Crippen LogP contribution < -0.4 is 10.1 Å². The van der Waals surface area contributed by atoms with Gasteiger partial charge in [0.25, 0.3) is 0 Å². The Morgan fingerprint density at radius 3 is 2.52 bits per heavy atom. The molecule has 1 rings (SSSR count). The predicted octanol–water partition coefficient (Wildman–Crippen LogP) is 2.17. The summed E-state index contributed by atoms with van der Waals surface area (Å²) in [6, 6.07) is 2.85. The van der Waals surface area contributed by atoms with Gasteiger partial charge in [0, 0.05) is 18.4 Å². The highest BCUT2D eigenvalue weighted by molar-refractivity contribution is 5.98. The van der Waals surface area contributed by atoms with E-state index in [0.717, 1.165) is 6.07 Å². The van der Waals surface area contributed by atoms with Gasteiger partial charge in [-0.15, -0.1) is 0 Å². The standard InChI is InChI=1S/C16H20FNO5/c1-3-4-12(16(21)22)18-15(20)8-6-13(19)10-5-7-14(23-2)11(17)9-10/h5,7,9,12H,3-4,6,8H2,1-2H3,(H,18,20)(H,21,22). The lowest BCUT2D eigenvalue weighted by molar-refractivity contribution is -0.142. The number of Topliss-reactive ketones (excluding diaryl/α,β-unsaturated/α-hetero) is 1. The van der Waals surface area contributed by atoms with E-state index in [-0.39, 0.29) is 24.2 Å². The summed E-state index contributed by atoms with van der Waals surface area (Å²) in [5.74, 6) is -2.65. The predicted molar refractivity (Wildman–Crippen MR) is 81.0 cm³/mol. The van der Waals surface area contributed by atoms with E-state index >= 15 is 0 Å². The number of carboxylic acid groups (broad SMARTS) is 1. The van der Waals surface area contributed by atoms with Crippen molar-refractivity contribution < 1.29 is 28.6 Å². The Morgan fingerprint density at radius 1 is 1.30 bits per heavy atom. The zero-order valence-corrected chi connectivity index (χ0v) is 13.1. The van der Waals surface area contributed by atoms with Crippen LogP contribution >= 0.6 is 0 Å². The van der Waals surface area contributed by atoms with Gasteiger partial charge in [-0.2, -0.15) is 0 Å². The van der Waals surface area contributed by atoms with Crippen molar-refractivity contribution in [2.24, 2.45) is 0 Å². The summed E-state index contributed by atoms with van der Waals surface area (Å²) >= 11 is 0. The van der Waals surface area contributed by atoms with Crippen LogP contribution in [-0.4, -0.2) is 35.9 Å². The molecule has 0 aromatic heterocycles. The highest BCUT2D eigenvalue weighted by Crippen LogP contribution is 2.18. The van der Waals surface area contributed by atoms with Crippen LogP contribution in [-0.2, 0) is 9.59 Å². The topological polar surface area (TPSA) is 92.7 Å². The van der Waals surface area contributed by atoms with Gasteiger partial charge in [0.05, 0.1) is 7.11 Å². The minimum atomic E-state index is -1.11. The normalized spacial score (nSPS) is 11.6. The highest BCUT2D eigenvalue weighted by Gasteiger charge is 2.19. The van der Waals surface area contributed by atoms with Crippen LogP contribution in [0.3, 0.4) is 0 Å². The second kappa shape index (κ2) is 8.87. The molecule has 0 radical (unpaired) electrons. The maximum absolute atomic E-state index is 13.5. The number of hydrogen-bond donors (Lipinski definition) is 2. The first-order valence-corrected chi connectivity index (χ1v) is 7.28. The first-order valence-electron chi connectivity index (χ1n) is 7.28. The van der Waals surface area contributed by atoms with Crippen molar-refractivity contribution in [3.05, 3.63) is 29.6 Å². The van der Waals surface area contributed by atoms with Crippen LogP contribution in [0.25, 0.3) is 0 Å². The van der Waals surface area contributed by atoms with Crippen molar-refractivity contribution in [2.75, 3.05) is 7.11 Å². The van der Waals surface area contributed by atoms with Crippen molar-refractivity contribution in [1.82, 2.24) is 5.32 Å². The molecular formula is C16H20FNO5. The third kappa shape index (κ3) is 5.69. The van der Waals surface area contributed by atoms with E-state index in [4.69, 9.17) is 9.84 Å². The number of methoxy groups -OCH3 is 1.